The Kier molecular flexibility index (Phi) is 8.12. The highest BCUT2D eigenvalue weighted by Gasteiger charge is 2.28. The Morgan fingerprint density at radius 2 is 1.93 bits per heavy atom. The lowest BCUT2D eigenvalue weighted by Crippen LogP contribution is -2.34. The van der Waals surface area contributed by atoms with Gasteiger partial charge in [-0.25, -0.2) is 18.2 Å². The molecule has 0 aliphatic carbocycles. The number of rotatable bonds is 9. The normalized spacial score (nSPS) is 15.3. The van der Waals surface area contributed by atoms with Crippen molar-refractivity contribution in [3.8, 4) is 11.6 Å². The molecule has 2 aromatic carbocycles. The SMILES string of the molecule is CCS(=O)(=O)Nc1ccc(-n2cc(C(=O)O)c(=O)c3cc(Cl)c(N4CCC[C@@H]4COc4ncccc4Cl)cc32)cc1. The van der Waals surface area contributed by atoms with E-state index in [4.69, 9.17) is 27.9 Å². The lowest BCUT2D eigenvalue weighted by atomic mass is 10.1. The molecule has 1 saturated heterocycles. The number of ether oxygens (including phenoxy) is 1. The Labute approximate surface area is 246 Å². The van der Waals surface area contributed by atoms with Crippen LogP contribution in [0.15, 0.2) is 65.7 Å². The number of carbonyl (C=O) groups is 1. The Bertz CT molecular complexity index is 1790. The molecule has 1 aliphatic rings. The number of pyridine rings is 2. The summed E-state index contributed by atoms with van der Waals surface area (Å²) in [5.74, 6) is -1.12. The summed E-state index contributed by atoms with van der Waals surface area (Å²) in [6.45, 7) is 2.54. The Hall–Kier alpha value is -3.80. The minimum atomic E-state index is -3.48. The molecule has 0 spiro atoms. The topological polar surface area (TPSA) is 131 Å². The number of carboxylic acid groups (broad SMARTS) is 1. The maximum absolute atomic E-state index is 13.2. The highest BCUT2D eigenvalue weighted by atomic mass is 35.5. The minimum absolute atomic E-state index is 0.0487. The number of carboxylic acids is 1. The van der Waals surface area contributed by atoms with E-state index in [2.05, 4.69) is 14.6 Å². The molecule has 0 bridgehead atoms. The fourth-order valence-corrected chi connectivity index (χ4v) is 5.93. The number of sulfonamides is 1. The molecule has 0 radical (unpaired) electrons. The Balaban J connectivity index is 1.56. The number of nitrogens with one attached hydrogen (secondary N) is 1. The number of fused-ring (bicyclic) bond motifs is 1. The van der Waals surface area contributed by atoms with E-state index in [9.17, 15) is 23.1 Å². The zero-order valence-electron chi connectivity index (χ0n) is 21.9. The number of hydrogen-bond acceptors (Lipinski definition) is 7. The lowest BCUT2D eigenvalue weighted by molar-refractivity contribution is 0.0695. The second kappa shape index (κ2) is 11.6. The van der Waals surface area contributed by atoms with Gasteiger partial charge in [0.15, 0.2) is 0 Å². The first-order valence-corrected chi connectivity index (χ1v) is 15.2. The summed E-state index contributed by atoms with van der Waals surface area (Å²) >= 11 is 12.9. The van der Waals surface area contributed by atoms with Gasteiger partial charge in [0.05, 0.1) is 28.0 Å². The second-order valence-corrected chi connectivity index (χ2v) is 12.3. The Morgan fingerprint density at radius 3 is 2.61 bits per heavy atom. The van der Waals surface area contributed by atoms with Crippen molar-refractivity contribution in [2.45, 2.75) is 25.8 Å². The van der Waals surface area contributed by atoms with Crippen LogP contribution < -0.4 is 19.8 Å². The van der Waals surface area contributed by atoms with E-state index in [1.54, 1.807) is 53.2 Å². The molecule has 4 aromatic rings. The van der Waals surface area contributed by atoms with Crippen molar-refractivity contribution < 1.29 is 23.1 Å². The number of aromatic nitrogens is 2. The van der Waals surface area contributed by atoms with Crippen LogP contribution in [-0.4, -0.2) is 54.0 Å². The highest BCUT2D eigenvalue weighted by Crippen LogP contribution is 2.36. The third-order valence-corrected chi connectivity index (χ3v) is 8.82. The van der Waals surface area contributed by atoms with E-state index < -0.39 is 27.0 Å². The predicted octanol–water partition coefficient (Wildman–Crippen LogP) is 5.20. The fraction of sp³-hybridized carbons (Fsp3) is 0.250. The van der Waals surface area contributed by atoms with Crippen molar-refractivity contribution in [3.05, 3.63) is 86.8 Å². The first kappa shape index (κ1) is 28.7. The number of benzene rings is 2. The number of halogens is 2. The zero-order chi connectivity index (χ0) is 29.3. The van der Waals surface area contributed by atoms with E-state index in [1.807, 2.05) is 0 Å². The van der Waals surface area contributed by atoms with Crippen LogP contribution in [0.25, 0.3) is 16.6 Å². The maximum Gasteiger partial charge on any atom is 0.341 e. The molecule has 10 nitrogen and oxygen atoms in total. The Morgan fingerprint density at radius 1 is 1.17 bits per heavy atom. The quantitative estimate of drug-likeness (QED) is 0.262. The van der Waals surface area contributed by atoms with Crippen LogP contribution in [0.2, 0.25) is 10.0 Å². The van der Waals surface area contributed by atoms with Crippen LogP contribution in [-0.2, 0) is 10.0 Å². The predicted molar refractivity (Wildman–Crippen MR) is 160 cm³/mol. The summed E-state index contributed by atoms with van der Waals surface area (Å²) < 4.78 is 33.9. The highest BCUT2D eigenvalue weighted by molar-refractivity contribution is 7.92. The van der Waals surface area contributed by atoms with Crippen molar-refractivity contribution in [1.82, 2.24) is 9.55 Å². The van der Waals surface area contributed by atoms with Crippen molar-refractivity contribution in [2.24, 2.45) is 0 Å². The third-order valence-electron chi connectivity index (χ3n) is 6.93. The van der Waals surface area contributed by atoms with E-state index in [-0.39, 0.29) is 17.2 Å². The number of anilines is 2. The number of hydrogen-bond donors (Lipinski definition) is 2. The minimum Gasteiger partial charge on any atom is -0.477 e. The van der Waals surface area contributed by atoms with E-state index in [1.165, 1.54) is 19.2 Å². The van der Waals surface area contributed by atoms with Crippen molar-refractivity contribution in [3.63, 3.8) is 0 Å². The third kappa shape index (κ3) is 5.97. The molecule has 2 aromatic heterocycles. The average molecular weight is 618 g/mol. The van der Waals surface area contributed by atoms with Crippen molar-refractivity contribution in [1.29, 1.82) is 0 Å². The van der Waals surface area contributed by atoms with Gasteiger partial charge in [-0.05, 0) is 68.3 Å². The molecule has 3 heterocycles. The van der Waals surface area contributed by atoms with Gasteiger partial charge in [0.2, 0.25) is 21.3 Å². The van der Waals surface area contributed by atoms with Crippen LogP contribution in [0, 0.1) is 0 Å². The summed E-state index contributed by atoms with van der Waals surface area (Å²) in [5.41, 5.74) is 0.918. The summed E-state index contributed by atoms with van der Waals surface area (Å²) in [6.07, 6.45) is 4.59. The molecule has 1 atom stereocenters. The smallest absolute Gasteiger partial charge is 0.341 e. The zero-order valence-corrected chi connectivity index (χ0v) is 24.2. The standard InChI is InChI=1S/C28H26Cl2N4O6S/c1-2-41(38,39)32-17-7-9-18(10-8-17)34-15-21(28(36)37)26(35)20-13-23(30)25(14-24(20)34)33-12-4-5-19(33)16-40-27-22(29)6-3-11-31-27/h3,6-11,13-15,19,32H,2,4-5,12,16H2,1H3,(H,36,37)/t19-/m1/s1. The van der Waals surface area contributed by atoms with Gasteiger partial charge in [0, 0.05) is 35.7 Å². The van der Waals surface area contributed by atoms with Crippen LogP contribution in [0.4, 0.5) is 11.4 Å². The summed E-state index contributed by atoms with van der Waals surface area (Å²) in [5, 5.41) is 10.6. The van der Waals surface area contributed by atoms with Crippen molar-refractivity contribution in [2.75, 3.05) is 28.5 Å². The molecule has 0 saturated carbocycles. The number of aromatic carboxylic acids is 1. The molecule has 1 aliphatic heterocycles. The molecule has 13 heteroatoms. The molecule has 214 valence electrons. The van der Waals surface area contributed by atoms with Gasteiger partial charge in [-0.3, -0.25) is 9.52 Å². The molecular formula is C28H26Cl2N4O6S. The van der Waals surface area contributed by atoms with E-state index in [0.717, 1.165) is 12.8 Å². The first-order valence-electron chi connectivity index (χ1n) is 12.8. The monoisotopic (exact) mass is 616 g/mol. The van der Waals surface area contributed by atoms with Gasteiger partial charge < -0.3 is 19.3 Å². The largest absolute Gasteiger partial charge is 0.477 e. The number of nitrogens with zero attached hydrogens (tertiary/aromatic N) is 3. The van der Waals surface area contributed by atoms with E-state index in [0.29, 0.717) is 51.7 Å². The van der Waals surface area contributed by atoms with E-state index >= 15 is 0 Å². The average Bonchev–Trinajstić information content (AvgIpc) is 3.41. The first-order chi connectivity index (χ1) is 19.6. The van der Waals surface area contributed by atoms with Gasteiger partial charge in [0.1, 0.15) is 17.2 Å². The van der Waals surface area contributed by atoms with Crippen molar-refractivity contribution >= 4 is 61.5 Å². The van der Waals surface area contributed by atoms with Crippen LogP contribution in [0.5, 0.6) is 5.88 Å². The van der Waals surface area contributed by atoms with Gasteiger partial charge in [-0.2, -0.15) is 0 Å². The molecule has 41 heavy (non-hydrogen) atoms. The van der Waals surface area contributed by atoms with Crippen LogP contribution >= 0.6 is 23.2 Å². The van der Waals surface area contributed by atoms with Gasteiger partial charge >= 0.3 is 5.97 Å². The molecule has 1 fully saturated rings. The molecule has 0 unspecified atom stereocenters. The summed E-state index contributed by atoms with van der Waals surface area (Å²) in [7, 11) is -3.48. The van der Waals surface area contributed by atoms with Gasteiger partial charge in [0.25, 0.3) is 0 Å². The maximum atomic E-state index is 13.2. The fourth-order valence-electron chi connectivity index (χ4n) is 4.84. The van der Waals surface area contributed by atoms with Crippen LogP contribution in [0.1, 0.15) is 30.1 Å². The van der Waals surface area contributed by atoms with Gasteiger partial charge in [-0.15, -0.1) is 0 Å². The summed E-state index contributed by atoms with van der Waals surface area (Å²) in [4.78, 5) is 31.4. The molecule has 2 N–H and O–H groups in total. The lowest BCUT2D eigenvalue weighted by Gasteiger charge is -2.28. The van der Waals surface area contributed by atoms with Crippen LogP contribution in [0.3, 0.4) is 0 Å². The van der Waals surface area contributed by atoms with Gasteiger partial charge in [-0.1, -0.05) is 23.2 Å². The molecule has 0 amide bonds. The molecule has 5 rings (SSSR count). The summed E-state index contributed by atoms with van der Waals surface area (Å²) in [6, 6.07) is 13.1. The second-order valence-electron chi connectivity index (χ2n) is 9.51. The molecular weight excluding hydrogens is 591 g/mol.